The van der Waals surface area contributed by atoms with Crippen LogP contribution in [-0.2, 0) is 10.0 Å². The van der Waals surface area contributed by atoms with Gasteiger partial charge in [0.1, 0.15) is 18.9 Å². The highest BCUT2D eigenvalue weighted by Gasteiger charge is 2.18. The molecule has 0 spiro atoms. The SMILES string of the molecule is O=C(Nc1ccc2c(c1)OCCO2)c1csc(NS(=O)(=O)c2ccccc2)n1. The highest BCUT2D eigenvalue weighted by atomic mass is 32.2. The lowest BCUT2D eigenvalue weighted by Crippen LogP contribution is -2.17. The van der Waals surface area contributed by atoms with Crippen LogP contribution in [0.1, 0.15) is 10.5 Å². The molecule has 0 saturated heterocycles. The molecule has 0 aliphatic carbocycles. The van der Waals surface area contributed by atoms with Gasteiger partial charge < -0.3 is 14.8 Å². The smallest absolute Gasteiger partial charge is 0.275 e. The topological polar surface area (TPSA) is 107 Å². The number of carbonyl (C=O) groups is 1. The van der Waals surface area contributed by atoms with Crippen LogP contribution in [0.15, 0.2) is 58.8 Å². The van der Waals surface area contributed by atoms with Crippen molar-refractivity contribution in [3.05, 3.63) is 59.6 Å². The molecule has 4 rings (SSSR count). The average Bonchev–Trinajstić information content (AvgIpc) is 3.16. The lowest BCUT2D eigenvalue weighted by molar-refractivity contribution is 0.102. The minimum absolute atomic E-state index is 0.102. The first kappa shape index (κ1) is 18.3. The number of carbonyl (C=O) groups excluding carboxylic acids is 1. The number of nitrogens with one attached hydrogen (secondary N) is 2. The zero-order chi connectivity index (χ0) is 19.6. The van der Waals surface area contributed by atoms with Crippen LogP contribution in [0, 0.1) is 0 Å². The zero-order valence-corrected chi connectivity index (χ0v) is 16.0. The standard InChI is InChI=1S/C18H15N3O5S2/c22-17(19-12-6-7-15-16(10-12)26-9-8-25-15)14-11-27-18(20-14)21-28(23,24)13-4-2-1-3-5-13/h1-7,10-11H,8-9H2,(H,19,22)(H,20,21). The van der Waals surface area contributed by atoms with Gasteiger partial charge in [-0.1, -0.05) is 18.2 Å². The number of aromatic nitrogens is 1. The van der Waals surface area contributed by atoms with E-state index < -0.39 is 15.9 Å². The Kier molecular flexibility index (Phi) is 4.88. The fourth-order valence-corrected chi connectivity index (χ4v) is 4.48. The molecule has 10 heteroatoms. The van der Waals surface area contributed by atoms with Gasteiger partial charge in [0.25, 0.3) is 15.9 Å². The Morgan fingerprint density at radius 3 is 2.57 bits per heavy atom. The lowest BCUT2D eigenvalue weighted by Gasteiger charge is -2.18. The molecule has 1 aliphatic rings. The van der Waals surface area contributed by atoms with Crippen LogP contribution in [0.4, 0.5) is 10.8 Å². The van der Waals surface area contributed by atoms with Gasteiger partial charge in [-0.3, -0.25) is 9.52 Å². The van der Waals surface area contributed by atoms with Gasteiger partial charge in [-0.05, 0) is 24.3 Å². The second kappa shape index (κ2) is 7.49. The number of anilines is 2. The Balaban J connectivity index is 1.46. The van der Waals surface area contributed by atoms with Gasteiger partial charge in [0.2, 0.25) is 0 Å². The largest absolute Gasteiger partial charge is 0.486 e. The van der Waals surface area contributed by atoms with Crippen molar-refractivity contribution in [2.24, 2.45) is 0 Å². The fraction of sp³-hybridized carbons (Fsp3) is 0.111. The summed E-state index contributed by atoms with van der Waals surface area (Å²) in [7, 11) is -3.76. The average molecular weight is 417 g/mol. The third-order valence-electron chi connectivity index (χ3n) is 3.81. The monoisotopic (exact) mass is 417 g/mol. The van der Waals surface area contributed by atoms with E-state index in [1.54, 1.807) is 36.4 Å². The first-order valence-electron chi connectivity index (χ1n) is 8.26. The van der Waals surface area contributed by atoms with Gasteiger partial charge in [0, 0.05) is 17.1 Å². The molecule has 0 bridgehead atoms. The predicted molar refractivity (Wildman–Crippen MR) is 105 cm³/mol. The van der Waals surface area contributed by atoms with E-state index in [-0.39, 0.29) is 15.7 Å². The van der Waals surface area contributed by atoms with Crippen LogP contribution < -0.4 is 19.5 Å². The molecule has 0 radical (unpaired) electrons. The molecule has 1 amide bonds. The number of sulfonamides is 1. The first-order valence-corrected chi connectivity index (χ1v) is 10.6. The van der Waals surface area contributed by atoms with E-state index in [0.29, 0.717) is 30.4 Å². The molecule has 0 saturated carbocycles. The van der Waals surface area contributed by atoms with Gasteiger partial charge in [0.05, 0.1) is 4.90 Å². The molecule has 1 aromatic heterocycles. The molecule has 0 unspecified atom stereocenters. The van der Waals surface area contributed by atoms with E-state index in [1.165, 1.54) is 17.5 Å². The minimum atomic E-state index is -3.76. The van der Waals surface area contributed by atoms with Crippen LogP contribution >= 0.6 is 11.3 Å². The number of amides is 1. The van der Waals surface area contributed by atoms with E-state index in [0.717, 1.165) is 11.3 Å². The molecule has 1 aliphatic heterocycles. The maximum Gasteiger partial charge on any atom is 0.275 e. The highest BCUT2D eigenvalue weighted by Crippen LogP contribution is 2.32. The molecule has 8 nitrogen and oxygen atoms in total. The molecule has 0 fully saturated rings. The molecule has 144 valence electrons. The van der Waals surface area contributed by atoms with Crippen molar-refractivity contribution in [2.75, 3.05) is 23.3 Å². The Labute approximate surface area is 165 Å². The third-order valence-corrected chi connectivity index (χ3v) is 6.05. The number of rotatable bonds is 5. The van der Waals surface area contributed by atoms with Gasteiger partial charge in [-0.2, -0.15) is 0 Å². The quantitative estimate of drug-likeness (QED) is 0.661. The molecule has 2 heterocycles. The van der Waals surface area contributed by atoms with Crippen molar-refractivity contribution >= 4 is 38.1 Å². The van der Waals surface area contributed by atoms with Crippen LogP contribution in [0.25, 0.3) is 0 Å². The van der Waals surface area contributed by atoms with E-state index in [2.05, 4.69) is 15.0 Å². The van der Waals surface area contributed by atoms with Crippen molar-refractivity contribution in [1.82, 2.24) is 4.98 Å². The van der Waals surface area contributed by atoms with Crippen LogP contribution in [0.5, 0.6) is 11.5 Å². The Bertz CT molecular complexity index is 1110. The molecular weight excluding hydrogens is 402 g/mol. The number of nitrogens with zero attached hydrogens (tertiary/aromatic N) is 1. The summed E-state index contributed by atoms with van der Waals surface area (Å²) < 4.78 is 38.0. The number of thiazole rings is 1. The number of ether oxygens (including phenoxy) is 2. The van der Waals surface area contributed by atoms with Crippen molar-refractivity contribution in [3.8, 4) is 11.5 Å². The Hall–Kier alpha value is -3.11. The van der Waals surface area contributed by atoms with Gasteiger partial charge in [-0.15, -0.1) is 11.3 Å². The van der Waals surface area contributed by atoms with E-state index in [9.17, 15) is 13.2 Å². The second-order valence-corrected chi connectivity index (χ2v) is 8.31. The Morgan fingerprint density at radius 2 is 1.79 bits per heavy atom. The maximum atomic E-state index is 12.4. The fourth-order valence-electron chi connectivity index (χ4n) is 2.51. The van der Waals surface area contributed by atoms with Gasteiger partial charge in [0.15, 0.2) is 16.6 Å². The maximum absolute atomic E-state index is 12.4. The summed E-state index contributed by atoms with van der Waals surface area (Å²) in [5.74, 6) is 0.715. The summed E-state index contributed by atoms with van der Waals surface area (Å²) in [6.07, 6.45) is 0. The summed E-state index contributed by atoms with van der Waals surface area (Å²) in [5.41, 5.74) is 0.624. The summed E-state index contributed by atoms with van der Waals surface area (Å²) in [4.78, 5) is 16.6. The Morgan fingerprint density at radius 1 is 1.04 bits per heavy atom. The van der Waals surface area contributed by atoms with E-state index >= 15 is 0 Å². The molecule has 2 aromatic carbocycles. The number of benzene rings is 2. The van der Waals surface area contributed by atoms with Gasteiger partial charge in [-0.25, -0.2) is 13.4 Å². The number of hydrogen-bond donors (Lipinski definition) is 2. The van der Waals surface area contributed by atoms with E-state index in [4.69, 9.17) is 9.47 Å². The molecule has 2 N–H and O–H groups in total. The van der Waals surface area contributed by atoms with Crippen LogP contribution in [0.2, 0.25) is 0 Å². The summed E-state index contributed by atoms with van der Waals surface area (Å²) >= 11 is 1.03. The number of fused-ring (bicyclic) bond motifs is 1. The minimum Gasteiger partial charge on any atom is -0.486 e. The molecular formula is C18H15N3O5S2. The van der Waals surface area contributed by atoms with Crippen molar-refractivity contribution in [1.29, 1.82) is 0 Å². The summed E-state index contributed by atoms with van der Waals surface area (Å²) in [6, 6.07) is 13.0. The molecule has 0 atom stereocenters. The normalized spacial score (nSPS) is 13.0. The predicted octanol–water partition coefficient (Wildman–Crippen LogP) is 2.97. The zero-order valence-electron chi connectivity index (χ0n) is 14.4. The van der Waals surface area contributed by atoms with Crippen molar-refractivity contribution in [2.45, 2.75) is 4.90 Å². The summed E-state index contributed by atoms with van der Waals surface area (Å²) in [6.45, 7) is 0.931. The van der Waals surface area contributed by atoms with Crippen molar-refractivity contribution < 1.29 is 22.7 Å². The number of hydrogen-bond acceptors (Lipinski definition) is 7. The van der Waals surface area contributed by atoms with Crippen molar-refractivity contribution in [3.63, 3.8) is 0 Å². The second-order valence-electron chi connectivity index (χ2n) is 5.77. The first-order chi connectivity index (χ1) is 13.5. The molecule has 28 heavy (non-hydrogen) atoms. The van der Waals surface area contributed by atoms with Crippen LogP contribution in [-0.4, -0.2) is 32.5 Å². The third kappa shape index (κ3) is 3.92. The lowest BCUT2D eigenvalue weighted by atomic mass is 10.2. The highest BCUT2D eigenvalue weighted by molar-refractivity contribution is 7.93. The van der Waals surface area contributed by atoms with Gasteiger partial charge >= 0.3 is 0 Å². The summed E-state index contributed by atoms with van der Waals surface area (Å²) in [5, 5.41) is 4.30. The molecule has 3 aromatic rings. The van der Waals surface area contributed by atoms with Crippen LogP contribution in [0.3, 0.4) is 0 Å². The van der Waals surface area contributed by atoms with E-state index in [1.807, 2.05) is 0 Å².